The Morgan fingerprint density at radius 1 is 1.21 bits per heavy atom. The fourth-order valence-corrected chi connectivity index (χ4v) is 5.09. The van der Waals surface area contributed by atoms with Crippen LogP contribution in [0, 0.1) is 0 Å². The number of nitrogens with one attached hydrogen (secondary N) is 3. The number of aromatic nitrogens is 1. The van der Waals surface area contributed by atoms with Crippen molar-refractivity contribution >= 4 is 17.8 Å². The van der Waals surface area contributed by atoms with Gasteiger partial charge in [-0.05, 0) is 63.7 Å². The molecule has 3 atom stereocenters. The van der Waals surface area contributed by atoms with Crippen LogP contribution >= 0.6 is 0 Å². The van der Waals surface area contributed by atoms with Gasteiger partial charge in [-0.1, -0.05) is 0 Å². The first-order valence-corrected chi connectivity index (χ1v) is 11.6. The van der Waals surface area contributed by atoms with Gasteiger partial charge in [-0.15, -0.1) is 0 Å². The van der Waals surface area contributed by atoms with Gasteiger partial charge in [-0.25, -0.2) is 9.78 Å². The average molecular weight is 450 g/mol. The maximum atomic E-state index is 12.5. The van der Waals surface area contributed by atoms with Gasteiger partial charge in [0.1, 0.15) is 29.2 Å². The van der Waals surface area contributed by atoms with Crippen LogP contribution in [-0.4, -0.2) is 60.1 Å². The highest BCUT2D eigenvalue weighted by atomic mass is 16.5. The Morgan fingerprint density at radius 2 is 2.06 bits per heavy atom. The third-order valence-electron chi connectivity index (χ3n) is 7.01. The van der Waals surface area contributed by atoms with Gasteiger partial charge in [0.2, 0.25) is 5.91 Å². The number of pyridine rings is 1. The maximum Gasteiger partial charge on any atom is 0.315 e. The normalized spacial score (nSPS) is 25.7. The number of rotatable bonds is 4. The molecule has 9 heteroatoms. The first-order chi connectivity index (χ1) is 16.0. The quantitative estimate of drug-likeness (QED) is 0.662. The molecule has 4 aliphatic rings. The molecule has 33 heavy (non-hydrogen) atoms. The van der Waals surface area contributed by atoms with Gasteiger partial charge < -0.3 is 30.3 Å². The van der Waals surface area contributed by atoms with E-state index in [1.165, 1.54) is 0 Å². The van der Waals surface area contributed by atoms with Gasteiger partial charge in [0, 0.05) is 29.8 Å². The fraction of sp³-hybridized carbons (Fsp3) is 0.458. The fourth-order valence-electron chi connectivity index (χ4n) is 5.09. The zero-order chi connectivity index (χ0) is 22.5. The highest BCUT2D eigenvalue weighted by molar-refractivity contribution is 5.93. The number of fused-ring (bicyclic) bond motifs is 4. The third-order valence-corrected chi connectivity index (χ3v) is 7.01. The minimum Gasteiger partial charge on any atom is -0.487 e. The molecule has 1 unspecified atom stereocenters. The molecule has 3 aliphatic heterocycles. The van der Waals surface area contributed by atoms with Crippen LogP contribution in [0.3, 0.4) is 0 Å². The summed E-state index contributed by atoms with van der Waals surface area (Å²) in [5.74, 6) is 2.91. The molecule has 172 valence electrons. The zero-order valence-electron chi connectivity index (χ0n) is 18.5. The lowest BCUT2D eigenvalue weighted by atomic mass is 10.1. The van der Waals surface area contributed by atoms with E-state index in [-0.39, 0.29) is 36.0 Å². The molecule has 2 aromatic rings. The minimum atomic E-state index is -0.119. The van der Waals surface area contributed by atoms with E-state index in [1.54, 1.807) is 6.20 Å². The van der Waals surface area contributed by atoms with Crippen molar-refractivity contribution in [2.75, 3.05) is 25.5 Å². The van der Waals surface area contributed by atoms with E-state index in [1.807, 2.05) is 24.3 Å². The molecule has 0 spiro atoms. The molecule has 1 aromatic carbocycles. The number of benzene rings is 1. The van der Waals surface area contributed by atoms with E-state index in [4.69, 9.17) is 9.47 Å². The van der Waals surface area contributed by atoms with Crippen LogP contribution in [0.15, 0.2) is 30.5 Å². The third kappa shape index (κ3) is 3.86. The molecular formula is C24H27N5O4. The Kier molecular flexibility index (Phi) is 4.86. The van der Waals surface area contributed by atoms with Crippen LogP contribution in [0.2, 0.25) is 0 Å². The molecule has 0 bridgehead atoms. The van der Waals surface area contributed by atoms with Crippen LogP contribution in [0.25, 0.3) is 0 Å². The van der Waals surface area contributed by atoms with Crippen molar-refractivity contribution < 1.29 is 19.1 Å². The van der Waals surface area contributed by atoms with Gasteiger partial charge >= 0.3 is 6.03 Å². The number of carbonyl (C=O) groups excluding carboxylic acids is 2. The smallest absolute Gasteiger partial charge is 0.315 e. The van der Waals surface area contributed by atoms with Crippen molar-refractivity contribution in [3.05, 3.63) is 41.6 Å². The van der Waals surface area contributed by atoms with Gasteiger partial charge in [-0.3, -0.25) is 4.79 Å². The highest BCUT2D eigenvalue weighted by Gasteiger charge is 2.59. The lowest BCUT2D eigenvalue weighted by molar-refractivity contribution is -0.116. The number of hydrogen-bond acceptors (Lipinski definition) is 6. The van der Waals surface area contributed by atoms with Crippen LogP contribution < -0.4 is 25.4 Å². The zero-order valence-corrected chi connectivity index (χ0v) is 18.5. The first kappa shape index (κ1) is 20.3. The Labute approximate surface area is 191 Å². The van der Waals surface area contributed by atoms with Gasteiger partial charge in [0.15, 0.2) is 0 Å². The molecule has 1 aromatic heterocycles. The molecule has 3 amide bonds. The summed E-state index contributed by atoms with van der Waals surface area (Å²) in [5, 5.41) is 9.00. The lowest BCUT2D eigenvalue weighted by Crippen LogP contribution is -2.48. The van der Waals surface area contributed by atoms with Crippen molar-refractivity contribution in [2.24, 2.45) is 0 Å². The number of nitrogens with zero attached hydrogens (tertiary/aromatic N) is 2. The van der Waals surface area contributed by atoms with Crippen LogP contribution in [0.4, 0.5) is 10.6 Å². The summed E-state index contributed by atoms with van der Waals surface area (Å²) < 4.78 is 12.2. The molecule has 4 heterocycles. The van der Waals surface area contributed by atoms with Crippen molar-refractivity contribution in [3.63, 3.8) is 0 Å². The van der Waals surface area contributed by atoms with E-state index in [0.29, 0.717) is 30.2 Å². The van der Waals surface area contributed by atoms with Gasteiger partial charge in [-0.2, -0.15) is 0 Å². The second-order valence-electron chi connectivity index (χ2n) is 9.32. The van der Waals surface area contributed by atoms with Crippen molar-refractivity contribution in [1.29, 1.82) is 0 Å². The van der Waals surface area contributed by atoms with Crippen LogP contribution in [-0.2, 0) is 11.2 Å². The van der Waals surface area contributed by atoms with Crippen molar-refractivity contribution in [1.82, 2.24) is 20.5 Å². The van der Waals surface area contributed by atoms with Crippen molar-refractivity contribution in [2.45, 2.75) is 49.8 Å². The first-order valence-electron chi connectivity index (χ1n) is 11.6. The SMILES string of the molecule is CN1CCC(NC(=O)NC2[C@H]3Oc4ccc(Oc5ccnc6c5CCC(=O)N6)cc4[C@@H]23)CC1. The highest BCUT2D eigenvalue weighted by Crippen LogP contribution is 2.54. The van der Waals surface area contributed by atoms with E-state index in [2.05, 4.69) is 32.9 Å². The van der Waals surface area contributed by atoms with Gasteiger partial charge in [0.25, 0.3) is 0 Å². The predicted molar refractivity (Wildman–Crippen MR) is 121 cm³/mol. The van der Waals surface area contributed by atoms with Crippen molar-refractivity contribution in [3.8, 4) is 17.2 Å². The summed E-state index contributed by atoms with van der Waals surface area (Å²) in [4.78, 5) is 30.7. The molecule has 1 saturated carbocycles. The Balaban J connectivity index is 1.11. The molecule has 1 saturated heterocycles. The summed E-state index contributed by atoms with van der Waals surface area (Å²) in [6.07, 6.45) is 4.58. The molecule has 6 rings (SSSR count). The van der Waals surface area contributed by atoms with Gasteiger partial charge in [0.05, 0.1) is 12.0 Å². The molecular weight excluding hydrogens is 422 g/mol. The Bertz CT molecular complexity index is 1110. The number of likely N-dealkylation sites (tertiary alicyclic amines) is 1. The number of piperidine rings is 1. The largest absolute Gasteiger partial charge is 0.487 e. The summed E-state index contributed by atoms with van der Waals surface area (Å²) >= 11 is 0. The van der Waals surface area contributed by atoms with Crippen LogP contribution in [0.5, 0.6) is 17.2 Å². The average Bonchev–Trinajstić information content (AvgIpc) is 3.31. The minimum absolute atomic E-state index is 0.0251. The van der Waals surface area contributed by atoms with E-state index in [9.17, 15) is 9.59 Å². The molecule has 3 N–H and O–H groups in total. The second kappa shape index (κ2) is 7.91. The number of hydrogen-bond donors (Lipinski definition) is 3. The summed E-state index contributed by atoms with van der Waals surface area (Å²) in [5.41, 5.74) is 1.96. The van der Waals surface area contributed by atoms with Crippen LogP contribution in [0.1, 0.15) is 36.3 Å². The molecule has 1 aliphatic carbocycles. The Morgan fingerprint density at radius 3 is 2.91 bits per heavy atom. The monoisotopic (exact) mass is 449 g/mol. The van der Waals surface area contributed by atoms with E-state index < -0.39 is 0 Å². The molecule has 0 radical (unpaired) electrons. The number of carbonyl (C=O) groups is 2. The Hall–Kier alpha value is -3.33. The summed E-state index contributed by atoms with van der Waals surface area (Å²) in [6.45, 7) is 2.01. The number of amides is 3. The lowest BCUT2D eigenvalue weighted by Gasteiger charge is -2.29. The summed E-state index contributed by atoms with van der Waals surface area (Å²) in [6, 6.07) is 7.69. The second-order valence-corrected chi connectivity index (χ2v) is 9.32. The van der Waals surface area contributed by atoms with E-state index >= 15 is 0 Å². The maximum absolute atomic E-state index is 12.5. The van der Waals surface area contributed by atoms with E-state index in [0.717, 1.165) is 42.8 Å². The number of ether oxygens (including phenoxy) is 2. The molecule has 9 nitrogen and oxygen atoms in total. The summed E-state index contributed by atoms with van der Waals surface area (Å²) in [7, 11) is 2.11. The standard InChI is InChI=1S/C24H27N5O4/c1-29-10-7-13(8-11-29)26-24(31)28-21-20-16-12-14(2-4-17(16)33-22(20)21)32-18-6-9-25-23-15(18)3-5-19(30)27-23/h2,4,6,9,12-13,20-22H,3,5,7-8,10-11H2,1H3,(H,25,27,30)(H2,26,28,31)/t20-,21?,22-/m0/s1. The number of urea groups is 1. The topological polar surface area (TPSA) is 105 Å². The predicted octanol–water partition coefficient (Wildman–Crippen LogP) is 2.38. The number of anilines is 1. The molecule has 2 fully saturated rings.